The summed E-state index contributed by atoms with van der Waals surface area (Å²) in [6.45, 7) is 12.8. The van der Waals surface area contributed by atoms with Gasteiger partial charge < -0.3 is 10.2 Å². The summed E-state index contributed by atoms with van der Waals surface area (Å²) < 4.78 is 0. The van der Waals surface area contributed by atoms with Crippen LogP contribution in [0, 0.1) is 0 Å². The third kappa shape index (κ3) is 4.27. The van der Waals surface area contributed by atoms with Crippen molar-refractivity contribution in [3.05, 3.63) is 53.1 Å². The molecule has 2 aromatic carbocycles. The van der Waals surface area contributed by atoms with Crippen LogP contribution in [0.25, 0.3) is 0 Å². The number of thioether (sulfide) groups is 1. The maximum atomic E-state index is 10.9. The minimum absolute atomic E-state index is 0.0930. The van der Waals surface area contributed by atoms with Gasteiger partial charge in [0.15, 0.2) is 0 Å². The van der Waals surface area contributed by atoms with Gasteiger partial charge in [-0.05, 0) is 40.2 Å². The molecule has 0 aliphatic heterocycles. The van der Waals surface area contributed by atoms with Crippen molar-refractivity contribution in [1.29, 1.82) is 0 Å². The van der Waals surface area contributed by atoms with Crippen LogP contribution in [0.5, 0.6) is 11.5 Å². The van der Waals surface area contributed by atoms with Crippen molar-refractivity contribution in [1.82, 2.24) is 0 Å². The molecule has 0 atom stereocenters. The van der Waals surface area contributed by atoms with E-state index in [2.05, 4.69) is 47.6 Å². The monoisotopic (exact) mass is 344 g/mol. The molecule has 2 nitrogen and oxygen atoms in total. The Morgan fingerprint density at radius 1 is 0.792 bits per heavy atom. The molecule has 0 saturated carbocycles. The normalized spacial score (nSPS) is 12.4. The summed E-state index contributed by atoms with van der Waals surface area (Å²) in [5.74, 6) is 1.51. The molecule has 0 radical (unpaired) electrons. The van der Waals surface area contributed by atoms with Crippen molar-refractivity contribution < 1.29 is 10.2 Å². The highest BCUT2D eigenvalue weighted by Gasteiger charge is 2.28. The lowest BCUT2D eigenvalue weighted by atomic mass is 9.79. The second-order valence-corrected chi connectivity index (χ2v) is 9.31. The Labute approximate surface area is 149 Å². The van der Waals surface area contributed by atoms with E-state index in [-0.39, 0.29) is 16.6 Å². The number of phenolic OH excluding ortho intramolecular Hbond substituents is 2. The van der Waals surface area contributed by atoms with Crippen molar-refractivity contribution in [3.63, 3.8) is 0 Å². The molecule has 2 rings (SSSR count). The molecule has 2 aromatic rings. The lowest BCUT2D eigenvalue weighted by Gasteiger charge is -2.29. The number of hydrogen-bond acceptors (Lipinski definition) is 3. The van der Waals surface area contributed by atoms with Crippen molar-refractivity contribution in [2.24, 2.45) is 0 Å². The van der Waals surface area contributed by atoms with E-state index < -0.39 is 0 Å². The first-order valence-corrected chi connectivity index (χ1v) is 9.26. The number of aromatic hydroxyl groups is 2. The molecule has 0 aliphatic rings. The molecular formula is C21H28O2S. The second-order valence-electron chi connectivity index (χ2n) is 8.29. The Kier molecular flexibility index (Phi) is 5.24. The van der Waals surface area contributed by atoms with Gasteiger partial charge in [-0.25, -0.2) is 0 Å². The first kappa shape index (κ1) is 18.7. The van der Waals surface area contributed by atoms with Crippen LogP contribution in [0.15, 0.2) is 41.3 Å². The molecule has 0 bridgehead atoms. The molecule has 0 saturated heterocycles. The van der Waals surface area contributed by atoms with E-state index in [1.54, 1.807) is 23.9 Å². The quantitative estimate of drug-likeness (QED) is 0.672. The van der Waals surface area contributed by atoms with Gasteiger partial charge >= 0.3 is 0 Å². The lowest BCUT2D eigenvalue weighted by Crippen LogP contribution is -2.18. The van der Waals surface area contributed by atoms with Crippen LogP contribution in [0.2, 0.25) is 0 Å². The van der Waals surface area contributed by atoms with Crippen LogP contribution in [0.1, 0.15) is 58.2 Å². The number of hydrogen-bond donors (Lipinski definition) is 2. The van der Waals surface area contributed by atoms with Crippen LogP contribution < -0.4 is 0 Å². The fourth-order valence-electron chi connectivity index (χ4n) is 2.78. The minimum atomic E-state index is -0.136. The maximum Gasteiger partial charge on any atom is 0.124 e. The zero-order valence-electron chi connectivity index (χ0n) is 15.5. The number of phenols is 2. The molecule has 24 heavy (non-hydrogen) atoms. The molecule has 0 aromatic heterocycles. The predicted octanol–water partition coefficient (Wildman–Crippen LogP) is 5.99. The molecule has 0 amide bonds. The van der Waals surface area contributed by atoms with Gasteiger partial charge in [-0.1, -0.05) is 59.7 Å². The molecule has 0 unspecified atom stereocenters. The van der Waals surface area contributed by atoms with Gasteiger partial charge in [0.2, 0.25) is 0 Å². The standard InChI is InChI=1S/C21H28O2S/c1-20(2,3)16-11-12-17(18(19(16)23)21(4,5)6)24-13-14-7-9-15(22)10-8-14/h7-12,22-23H,13H2,1-6H3. The fraction of sp³-hybridized carbons (Fsp3) is 0.429. The van der Waals surface area contributed by atoms with Crippen molar-refractivity contribution in [2.75, 3.05) is 0 Å². The average Bonchev–Trinajstić information content (AvgIpc) is 2.43. The third-order valence-electron chi connectivity index (χ3n) is 4.03. The van der Waals surface area contributed by atoms with Gasteiger partial charge in [-0.15, -0.1) is 11.8 Å². The number of rotatable bonds is 3. The van der Waals surface area contributed by atoms with E-state index >= 15 is 0 Å². The summed E-state index contributed by atoms with van der Waals surface area (Å²) in [5, 5.41) is 20.3. The highest BCUT2D eigenvalue weighted by Crippen LogP contribution is 2.44. The van der Waals surface area contributed by atoms with Crippen LogP contribution in [0.4, 0.5) is 0 Å². The largest absolute Gasteiger partial charge is 0.508 e. The SMILES string of the molecule is CC(C)(C)c1ccc(SCc2ccc(O)cc2)c(C(C)(C)C)c1O. The van der Waals surface area contributed by atoms with E-state index in [1.807, 2.05) is 18.2 Å². The van der Waals surface area contributed by atoms with Gasteiger partial charge in [0.25, 0.3) is 0 Å². The zero-order chi connectivity index (χ0) is 18.1. The molecule has 0 aliphatic carbocycles. The first-order chi connectivity index (χ1) is 11.0. The van der Waals surface area contributed by atoms with E-state index in [1.165, 1.54) is 0 Å². The van der Waals surface area contributed by atoms with Crippen LogP contribution >= 0.6 is 11.8 Å². The van der Waals surface area contributed by atoms with Crippen LogP contribution in [-0.2, 0) is 16.6 Å². The Balaban J connectivity index is 2.39. The predicted molar refractivity (Wildman–Crippen MR) is 103 cm³/mol. The van der Waals surface area contributed by atoms with E-state index in [0.717, 1.165) is 27.3 Å². The van der Waals surface area contributed by atoms with Crippen LogP contribution in [0.3, 0.4) is 0 Å². The van der Waals surface area contributed by atoms with Crippen LogP contribution in [-0.4, -0.2) is 10.2 Å². The average molecular weight is 345 g/mol. The molecular weight excluding hydrogens is 316 g/mol. The van der Waals surface area contributed by atoms with Crippen molar-refractivity contribution >= 4 is 11.8 Å². The molecule has 130 valence electrons. The summed E-state index contributed by atoms with van der Waals surface area (Å²) in [6.07, 6.45) is 0. The summed E-state index contributed by atoms with van der Waals surface area (Å²) >= 11 is 1.72. The fourth-order valence-corrected chi connectivity index (χ4v) is 4.00. The third-order valence-corrected chi connectivity index (χ3v) is 5.16. The molecule has 3 heteroatoms. The molecule has 2 N–H and O–H groups in total. The summed E-state index contributed by atoms with van der Waals surface area (Å²) in [5.41, 5.74) is 2.92. The molecule has 0 spiro atoms. The van der Waals surface area contributed by atoms with Crippen molar-refractivity contribution in [2.45, 2.75) is 63.0 Å². The summed E-state index contributed by atoms with van der Waals surface area (Å²) in [6, 6.07) is 11.5. The van der Waals surface area contributed by atoms with E-state index in [9.17, 15) is 10.2 Å². The van der Waals surface area contributed by atoms with Gasteiger partial charge in [0.05, 0.1) is 0 Å². The molecule has 0 heterocycles. The summed E-state index contributed by atoms with van der Waals surface area (Å²) in [4.78, 5) is 1.11. The lowest BCUT2D eigenvalue weighted by molar-refractivity contribution is 0.419. The molecule has 0 fully saturated rings. The summed E-state index contributed by atoms with van der Waals surface area (Å²) in [7, 11) is 0. The Morgan fingerprint density at radius 3 is 1.88 bits per heavy atom. The zero-order valence-corrected chi connectivity index (χ0v) is 16.3. The first-order valence-electron chi connectivity index (χ1n) is 8.28. The Morgan fingerprint density at radius 2 is 1.38 bits per heavy atom. The van der Waals surface area contributed by atoms with Gasteiger partial charge in [0.1, 0.15) is 11.5 Å². The maximum absolute atomic E-state index is 10.9. The smallest absolute Gasteiger partial charge is 0.124 e. The topological polar surface area (TPSA) is 40.5 Å². The van der Waals surface area contributed by atoms with Gasteiger partial charge in [-0.2, -0.15) is 0 Å². The van der Waals surface area contributed by atoms with E-state index in [0.29, 0.717) is 5.75 Å². The number of benzene rings is 2. The Bertz CT molecular complexity index is 704. The van der Waals surface area contributed by atoms with Gasteiger partial charge in [-0.3, -0.25) is 0 Å². The highest BCUT2D eigenvalue weighted by atomic mass is 32.2. The van der Waals surface area contributed by atoms with Crippen molar-refractivity contribution in [3.8, 4) is 11.5 Å². The van der Waals surface area contributed by atoms with Gasteiger partial charge in [0, 0.05) is 16.2 Å². The minimum Gasteiger partial charge on any atom is -0.508 e. The second kappa shape index (κ2) is 6.72. The highest BCUT2D eigenvalue weighted by molar-refractivity contribution is 7.98. The Hall–Kier alpha value is -1.61. The van der Waals surface area contributed by atoms with E-state index in [4.69, 9.17) is 0 Å².